The Morgan fingerprint density at radius 1 is 0.328 bits per heavy atom. The van der Waals surface area contributed by atoms with Gasteiger partial charge in [0, 0.05) is 0 Å². The van der Waals surface area contributed by atoms with E-state index in [0.717, 1.165) is 122 Å². The number of hydrogen-bond acceptors (Lipinski definition) is 0. The summed E-state index contributed by atoms with van der Waals surface area (Å²) in [5.74, 6) is 12.5. The van der Waals surface area contributed by atoms with E-state index in [1.165, 1.54) is 247 Å². The predicted molar refractivity (Wildman–Crippen MR) is 531 cm³/mol. The fourth-order valence-corrected chi connectivity index (χ4v) is 25.0. The van der Waals surface area contributed by atoms with Gasteiger partial charge < -0.3 is 0 Å². The van der Waals surface area contributed by atoms with Crippen molar-refractivity contribution in [2.45, 2.75) is 396 Å². The van der Waals surface area contributed by atoms with Crippen molar-refractivity contribution in [3.8, 4) is 0 Å². The van der Waals surface area contributed by atoms with Crippen LogP contribution in [0.5, 0.6) is 0 Å². The Balaban J connectivity index is 0.000000158. The highest BCUT2D eigenvalue weighted by Crippen LogP contribution is 2.49. The van der Waals surface area contributed by atoms with Gasteiger partial charge in [0.15, 0.2) is 0 Å². The van der Waals surface area contributed by atoms with E-state index in [1.54, 1.807) is 61.2 Å². The Hall–Kier alpha value is -6.50. The van der Waals surface area contributed by atoms with E-state index in [0.29, 0.717) is 11.8 Å². The third-order valence-corrected chi connectivity index (χ3v) is 34.0. The maximum Gasteiger partial charge on any atom is -0.00201 e. The quantitative estimate of drug-likeness (QED) is 0.0566. The molecule has 0 amide bonds. The van der Waals surface area contributed by atoms with Gasteiger partial charge in [-0.3, -0.25) is 0 Å². The molecule has 6 saturated carbocycles. The van der Waals surface area contributed by atoms with E-state index in [4.69, 9.17) is 0 Å². The zero-order chi connectivity index (χ0) is 86.2. The van der Waals surface area contributed by atoms with Crippen LogP contribution in [0.2, 0.25) is 0 Å². The summed E-state index contributed by atoms with van der Waals surface area (Å²) < 4.78 is 0. The van der Waals surface area contributed by atoms with Crippen molar-refractivity contribution >= 4 is 0 Å². The Kier molecular flexibility index (Phi) is 33.1. The summed E-state index contributed by atoms with van der Waals surface area (Å²) in [6.07, 6.45) is 59.7. The molecule has 8 aliphatic rings. The van der Waals surface area contributed by atoms with Crippen LogP contribution in [0.3, 0.4) is 0 Å². The maximum absolute atomic E-state index is 2.64. The molecule has 122 heavy (non-hydrogen) atoms. The molecule has 7 aromatic rings. The van der Waals surface area contributed by atoms with Crippen molar-refractivity contribution in [2.75, 3.05) is 0 Å². The first-order chi connectivity index (χ1) is 58.7. The minimum absolute atomic E-state index is 0.160. The lowest BCUT2D eigenvalue weighted by atomic mass is 9.68. The van der Waals surface area contributed by atoms with E-state index in [9.17, 15) is 0 Å². The second-order valence-corrected chi connectivity index (χ2v) is 44.4. The molecule has 0 N–H and O–H groups in total. The molecule has 2 atom stereocenters. The van der Waals surface area contributed by atoms with Gasteiger partial charge in [0.1, 0.15) is 0 Å². The minimum Gasteiger partial charge on any atom is -0.0807 e. The maximum atomic E-state index is 2.64. The van der Waals surface area contributed by atoms with Crippen LogP contribution in [0.15, 0.2) is 192 Å². The molecule has 8 aliphatic carbocycles. The molecule has 0 bridgehead atoms. The first-order valence-corrected chi connectivity index (χ1v) is 51.2. The zero-order valence-electron chi connectivity index (χ0n) is 80.9. The van der Waals surface area contributed by atoms with Crippen LogP contribution in [0.25, 0.3) is 0 Å². The molecule has 2 unspecified atom stereocenters. The second-order valence-electron chi connectivity index (χ2n) is 44.4. The molecule has 0 radical (unpaired) electrons. The van der Waals surface area contributed by atoms with Gasteiger partial charge in [0.25, 0.3) is 0 Å². The van der Waals surface area contributed by atoms with Gasteiger partial charge in [-0.2, -0.15) is 0 Å². The number of benzene rings is 7. The molecular weight excluding hydrogens is 1470 g/mol. The Morgan fingerprint density at radius 3 is 1.16 bits per heavy atom. The number of hydrogen-bond donors (Lipinski definition) is 0. The fraction of sp³-hybridized carbons (Fsp3) is 0.590. The summed E-state index contributed by atoms with van der Waals surface area (Å²) in [4.78, 5) is 0. The van der Waals surface area contributed by atoms with Crippen LogP contribution in [0.4, 0.5) is 0 Å². The van der Waals surface area contributed by atoms with Gasteiger partial charge >= 0.3 is 0 Å². The lowest BCUT2D eigenvalue weighted by Crippen LogP contribution is -2.24. The Morgan fingerprint density at radius 2 is 0.721 bits per heavy atom. The Labute approximate surface area is 748 Å². The standard InChI is InChI=1S/C42H60.C40H56.C40H54/c1-7-33-28-38(36-22-20-35(21-23-36)34-18-14-30(4)15-19-34)25-24-37(33)26-32-17-16-31(5)40(27-32)29-39-12-10-11-13-41(39)42(6,8-2)9-3;2*1-7-31-26-36(34-20-18-33(19-21-34)32-16-12-28(2)13-17-32)23-22-35(31)24-30-15-14-29(3)38(25-30)27-37-10-8-9-11-39(37)40(4,5)6/h10-13,16,24-25,27-28,30,32,34-36H,7-9,14-15,17-23,26,29H2,1-6H3;8-11,14-15,22-23,26,28,32-34,38H,7,12-13,16-21,24-25,27H2,1-6H3;8-11,14-15,22-23,25-26,28,32-34H,7,12-13,16-21,24,27H2,1-6H3. The molecular formula is C122H170. The highest BCUT2D eigenvalue weighted by Gasteiger charge is 2.36. The van der Waals surface area contributed by atoms with E-state index in [-0.39, 0.29) is 16.2 Å². The van der Waals surface area contributed by atoms with Gasteiger partial charge in [-0.1, -0.05) is 329 Å². The molecule has 6 fully saturated rings. The SMILES string of the molecule is CCc1cc(C2CCC(C3CCC(C)CC3)CC2)ccc1CC1=CC=C(C)C(Cc2ccccc2C(C)(C)C)C1.CCc1cc(C2CCC(C3CCC(C)CC3)CC2)ccc1CC1C=C(Cc2ccccc2C(C)(CC)CC)C(C)=CC1.CCc1cc(C2CCC(C3CCC(C)CC3)CC2)ccc1Cc1ccc(C)c(Cc2ccccc2C(C)(C)C)c1. The van der Waals surface area contributed by atoms with Crippen molar-refractivity contribution in [1.29, 1.82) is 0 Å². The average Bonchev–Trinajstić information content (AvgIpc) is 0.720. The zero-order valence-corrected chi connectivity index (χ0v) is 80.9. The number of rotatable bonds is 24. The van der Waals surface area contributed by atoms with E-state index >= 15 is 0 Å². The highest BCUT2D eigenvalue weighted by atomic mass is 14.4. The van der Waals surface area contributed by atoms with Crippen molar-refractivity contribution in [1.82, 2.24) is 0 Å². The fourth-order valence-electron chi connectivity index (χ4n) is 25.0. The molecule has 15 rings (SSSR count). The second kappa shape index (κ2) is 43.3. The van der Waals surface area contributed by atoms with Gasteiger partial charge in [0.2, 0.25) is 0 Å². The summed E-state index contributed by atoms with van der Waals surface area (Å²) in [5.41, 5.74) is 34.4. The van der Waals surface area contributed by atoms with Crippen LogP contribution >= 0.6 is 0 Å². The van der Waals surface area contributed by atoms with Gasteiger partial charge in [-0.15, -0.1) is 0 Å². The first-order valence-electron chi connectivity index (χ1n) is 51.2. The van der Waals surface area contributed by atoms with Crippen LogP contribution in [0, 0.1) is 72.0 Å². The van der Waals surface area contributed by atoms with Crippen molar-refractivity contribution in [2.24, 2.45) is 65.1 Å². The monoisotopic (exact) mass is 1640 g/mol. The minimum atomic E-state index is 0.160. The Bertz CT molecular complexity index is 4590. The third kappa shape index (κ3) is 24.4. The molecule has 0 aliphatic heterocycles. The number of allylic oxidation sites excluding steroid dienone is 8. The topological polar surface area (TPSA) is 0 Å². The molecule has 0 heterocycles. The van der Waals surface area contributed by atoms with Crippen LogP contribution in [-0.4, -0.2) is 0 Å². The van der Waals surface area contributed by atoms with Gasteiger partial charge in [-0.05, 0) is 425 Å². The van der Waals surface area contributed by atoms with Crippen molar-refractivity contribution in [3.05, 3.63) is 292 Å². The van der Waals surface area contributed by atoms with E-state index in [1.807, 2.05) is 0 Å². The summed E-state index contributed by atoms with van der Waals surface area (Å²) >= 11 is 0. The lowest BCUT2D eigenvalue weighted by Gasteiger charge is -2.37. The van der Waals surface area contributed by atoms with Crippen molar-refractivity contribution in [3.63, 3.8) is 0 Å². The molecule has 0 aromatic heterocycles. The van der Waals surface area contributed by atoms with E-state index in [2.05, 4.69) is 295 Å². The van der Waals surface area contributed by atoms with Crippen LogP contribution in [-0.2, 0) is 74.0 Å². The lowest BCUT2D eigenvalue weighted by molar-refractivity contribution is 0.165. The largest absolute Gasteiger partial charge is 0.0807 e. The number of aryl methyl sites for hydroxylation is 4. The third-order valence-electron chi connectivity index (χ3n) is 34.0. The molecule has 0 heteroatoms. The summed E-state index contributed by atoms with van der Waals surface area (Å²) in [6.45, 7) is 42.5. The van der Waals surface area contributed by atoms with Gasteiger partial charge in [0.05, 0.1) is 0 Å². The smallest absolute Gasteiger partial charge is 0.00201 e. The molecule has 658 valence electrons. The molecule has 7 aromatic carbocycles. The molecule has 0 saturated heterocycles. The van der Waals surface area contributed by atoms with Crippen LogP contribution < -0.4 is 0 Å². The molecule has 0 spiro atoms. The van der Waals surface area contributed by atoms with E-state index < -0.39 is 0 Å². The normalized spacial score (nSPS) is 26.1. The highest BCUT2D eigenvalue weighted by molar-refractivity contribution is 5.47. The van der Waals surface area contributed by atoms with Crippen LogP contribution in [0.1, 0.15) is 415 Å². The first kappa shape index (κ1) is 93.1. The average molecular weight is 1640 g/mol. The summed E-state index contributed by atoms with van der Waals surface area (Å²) in [5, 5.41) is 0. The predicted octanol–water partition coefficient (Wildman–Crippen LogP) is 34.6. The van der Waals surface area contributed by atoms with Gasteiger partial charge in [-0.25, -0.2) is 0 Å². The molecule has 0 nitrogen and oxygen atoms in total. The van der Waals surface area contributed by atoms with Crippen molar-refractivity contribution < 1.29 is 0 Å². The summed E-state index contributed by atoms with van der Waals surface area (Å²) in [6, 6.07) is 57.4. The summed E-state index contributed by atoms with van der Waals surface area (Å²) in [7, 11) is 0.